The number of hydrogen-bond acceptors (Lipinski definition) is 5. The third kappa shape index (κ3) is 5.65. The van der Waals surface area contributed by atoms with E-state index in [0.717, 1.165) is 12.8 Å². The largest absolute Gasteiger partial charge is 0.444 e. The highest BCUT2D eigenvalue weighted by Crippen LogP contribution is 2.42. The molecule has 0 radical (unpaired) electrons. The highest BCUT2D eigenvalue weighted by Gasteiger charge is 2.54. The molecule has 0 aromatic heterocycles. The van der Waals surface area contributed by atoms with E-state index in [4.69, 9.17) is 16.3 Å². The predicted octanol–water partition coefficient (Wildman–Crippen LogP) is 4.53. The van der Waals surface area contributed by atoms with Crippen LogP contribution in [0, 0.1) is 5.92 Å². The van der Waals surface area contributed by atoms with Crippen LogP contribution in [-0.4, -0.2) is 67.2 Å². The van der Waals surface area contributed by atoms with Gasteiger partial charge in [-0.25, -0.2) is 13.2 Å². The molecule has 0 N–H and O–H groups in total. The lowest BCUT2D eigenvalue weighted by Gasteiger charge is -2.39. The molecule has 0 bridgehead atoms. The first-order chi connectivity index (χ1) is 15.4. The molecule has 7 nitrogen and oxygen atoms in total. The van der Waals surface area contributed by atoms with E-state index in [2.05, 4.69) is 0 Å². The molecule has 2 amide bonds. The number of sulfone groups is 1. The molecule has 1 aliphatic carbocycles. The summed E-state index contributed by atoms with van der Waals surface area (Å²) in [5.41, 5.74) is -0.579. The summed E-state index contributed by atoms with van der Waals surface area (Å²) in [6, 6.07) is 6.07. The van der Waals surface area contributed by atoms with Crippen LogP contribution in [0.4, 0.5) is 4.79 Å². The maximum atomic E-state index is 13.8. The number of carbonyl (C=O) groups is 2. The van der Waals surface area contributed by atoms with Crippen LogP contribution in [-0.2, 0) is 19.4 Å². The SMILES string of the molecule is CN(CC1CCCN(C(=O)C2(S(=O)(=O)c3ccc(Cl)cc3)CCCC2)C1)C(=O)OC(C)(C)C. The molecule has 1 saturated carbocycles. The van der Waals surface area contributed by atoms with Crippen molar-refractivity contribution in [1.29, 1.82) is 0 Å². The van der Waals surface area contributed by atoms with Crippen molar-refractivity contribution in [3.8, 4) is 0 Å². The van der Waals surface area contributed by atoms with Crippen molar-refractivity contribution in [3.05, 3.63) is 29.3 Å². The quantitative estimate of drug-likeness (QED) is 0.595. The molecule has 1 heterocycles. The van der Waals surface area contributed by atoms with Crippen LogP contribution in [0.25, 0.3) is 0 Å². The molecular formula is C24H35ClN2O5S. The van der Waals surface area contributed by atoms with Crippen molar-refractivity contribution >= 4 is 33.4 Å². The van der Waals surface area contributed by atoms with Crippen LogP contribution in [0.15, 0.2) is 29.2 Å². The molecule has 184 valence electrons. The van der Waals surface area contributed by atoms with Gasteiger partial charge in [0.1, 0.15) is 5.60 Å². The Kier molecular flexibility index (Phi) is 7.68. The summed E-state index contributed by atoms with van der Waals surface area (Å²) < 4.78 is 31.3. The Morgan fingerprint density at radius 1 is 1.15 bits per heavy atom. The number of nitrogens with zero attached hydrogens (tertiary/aromatic N) is 2. The second-order valence-corrected chi connectivity index (χ2v) is 13.0. The molecule has 9 heteroatoms. The maximum Gasteiger partial charge on any atom is 0.410 e. The summed E-state index contributed by atoms with van der Waals surface area (Å²) in [6.45, 7) is 6.88. The van der Waals surface area contributed by atoms with Gasteiger partial charge in [-0.15, -0.1) is 0 Å². The molecular weight excluding hydrogens is 464 g/mol. The minimum Gasteiger partial charge on any atom is -0.444 e. The molecule has 1 saturated heterocycles. The second kappa shape index (κ2) is 9.82. The van der Waals surface area contributed by atoms with Crippen molar-refractivity contribution in [3.63, 3.8) is 0 Å². The predicted molar refractivity (Wildman–Crippen MR) is 128 cm³/mol. The first-order valence-corrected chi connectivity index (χ1v) is 13.5. The number of hydrogen-bond donors (Lipinski definition) is 0. The molecule has 1 aromatic carbocycles. The van der Waals surface area contributed by atoms with Crippen molar-refractivity contribution in [2.24, 2.45) is 5.92 Å². The van der Waals surface area contributed by atoms with Gasteiger partial charge in [-0.1, -0.05) is 24.4 Å². The summed E-state index contributed by atoms with van der Waals surface area (Å²) in [6.07, 6.45) is 3.31. The zero-order chi connectivity index (χ0) is 24.4. The summed E-state index contributed by atoms with van der Waals surface area (Å²) in [5, 5.41) is 0.453. The molecule has 33 heavy (non-hydrogen) atoms. The summed E-state index contributed by atoms with van der Waals surface area (Å²) in [7, 11) is -2.18. The van der Waals surface area contributed by atoms with Crippen molar-refractivity contribution in [1.82, 2.24) is 9.80 Å². The maximum absolute atomic E-state index is 13.8. The van der Waals surface area contributed by atoms with E-state index in [1.54, 1.807) is 29.0 Å². The van der Waals surface area contributed by atoms with Gasteiger partial charge in [-0.2, -0.15) is 0 Å². The van der Waals surface area contributed by atoms with Gasteiger partial charge in [-0.05, 0) is 76.6 Å². The molecule has 2 fully saturated rings. The van der Waals surface area contributed by atoms with Gasteiger partial charge in [0.05, 0.1) is 4.90 Å². The number of carbonyl (C=O) groups excluding carboxylic acids is 2. The molecule has 1 aromatic rings. The Balaban J connectivity index is 1.76. The third-order valence-corrected chi connectivity index (χ3v) is 9.24. The number of benzene rings is 1. The minimum atomic E-state index is -3.87. The van der Waals surface area contributed by atoms with Gasteiger partial charge >= 0.3 is 6.09 Å². The molecule has 1 unspecified atom stereocenters. The first kappa shape index (κ1) is 25.8. The van der Waals surface area contributed by atoms with Crippen LogP contribution in [0.2, 0.25) is 5.02 Å². The summed E-state index contributed by atoms with van der Waals surface area (Å²) in [4.78, 5) is 29.5. The minimum absolute atomic E-state index is 0.0666. The van der Waals surface area contributed by atoms with Crippen LogP contribution in [0.1, 0.15) is 59.3 Å². The fourth-order valence-electron chi connectivity index (χ4n) is 4.87. The number of piperidine rings is 1. The Labute approximate surface area is 202 Å². The fraction of sp³-hybridized carbons (Fsp3) is 0.667. The standard InChI is InChI=1S/C24H35ClN2O5S/c1-23(2,3)32-22(29)26(4)16-18-8-7-15-27(17-18)21(28)24(13-5-6-14-24)33(30,31)20-11-9-19(25)10-12-20/h9-12,18H,5-8,13-17H2,1-4H3. The Bertz CT molecular complexity index is 966. The van der Waals surface area contributed by atoms with Gasteiger partial charge in [-0.3, -0.25) is 4.79 Å². The lowest BCUT2D eigenvalue weighted by molar-refractivity contribution is -0.135. The van der Waals surface area contributed by atoms with E-state index in [1.165, 1.54) is 12.1 Å². The topological polar surface area (TPSA) is 84.0 Å². The normalized spacial score (nSPS) is 21.0. The number of halogens is 1. The molecule has 0 spiro atoms. The summed E-state index contributed by atoms with van der Waals surface area (Å²) in [5.74, 6) is -0.239. The Morgan fingerprint density at radius 2 is 1.76 bits per heavy atom. The average molecular weight is 499 g/mol. The number of amides is 2. The van der Waals surface area contributed by atoms with Crippen LogP contribution in [0.5, 0.6) is 0 Å². The van der Waals surface area contributed by atoms with Gasteiger partial charge in [0.15, 0.2) is 14.6 Å². The number of ether oxygens (including phenoxy) is 1. The first-order valence-electron chi connectivity index (χ1n) is 11.6. The van der Waals surface area contributed by atoms with Crippen LogP contribution >= 0.6 is 11.6 Å². The smallest absolute Gasteiger partial charge is 0.410 e. The van der Waals surface area contributed by atoms with Gasteiger partial charge in [0, 0.05) is 31.7 Å². The average Bonchev–Trinajstić information content (AvgIpc) is 3.24. The molecule has 1 atom stereocenters. The zero-order valence-electron chi connectivity index (χ0n) is 20.0. The lowest BCUT2D eigenvalue weighted by atomic mass is 9.95. The molecule has 1 aliphatic heterocycles. The highest BCUT2D eigenvalue weighted by molar-refractivity contribution is 7.93. The summed E-state index contributed by atoms with van der Waals surface area (Å²) >= 11 is 5.95. The van der Waals surface area contributed by atoms with Gasteiger partial charge in [0.2, 0.25) is 5.91 Å². The monoisotopic (exact) mass is 498 g/mol. The number of rotatable bonds is 5. The van der Waals surface area contributed by atoms with E-state index >= 15 is 0 Å². The van der Waals surface area contributed by atoms with Crippen LogP contribution < -0.4 is 0 Å². The van der Waals surface area contributed by atoms with E-state index in [-0.39, 0.29) is 16.7 Å². The van der Waals surface area contributed by atoms with E-state index in [0.29, 0.717) is 50.3 Å². The van der Waals surface area contributed by atoms with Gasteiger partial charge < -0.3 is 14.5 Å². The van der Waals surface area contributed by atoms with Crippen molar-refractivity contribution in [2.75, 3.05) is 26.7 Å². The fourth-order valence-corrected chi connectivity index (χ4v) is 7.13. The van der Waals surface area contributed by atoms with Crippen molar-refractivity contribution in [2.45, 2.75) is 74.5 Å². The lowest BCUT2D eigenvalue weighted by Crippen LogP contribution is -2.55. The van der Waals surface area contributed by atoms with Crippen LogP contribution in [0.3, 0.4) is 0 Å². The highest BCUT2D eigenvalue weighted by atomic mass is 35.5. The van der Waals surface area contributed by atoms with E-state index in [9.17, 15) is 18.0 Å². The third-order valence-electron chi connectivity index (χ3n) is 6.48. The van der Waals surface area contributed by atoms with Crippen molar-refractivity contribution < 1.29 is 22.7 Å². The van der Waals surface area contributed by atoms with E-state index < -0.39 is 26.3 Å². The second-order valence-electron chi connectivity index (χ2n) is 10.3. The zero-order valence-corrected chi connectivity index (χ0v) is 21.5. The number of likely N-dealkylation sites (tertiary alicyclic amines) is 1. The van der Waals surface area contributed by atoms with Gasteiger partial charge in [0.25, 0.3) is 0 Å². The molecule has 3 rings (SSSR count). The van der Waals surface area contributed by atoms with E-state index in [1.807, 2.05) is 20.8 Å². The Morgan fingerprint density at radius 3 is 2.33 bits per heavy atom. The Hall–Kier alpha value is -1.80. The molecule has 2 aliphatic rings.